The van der Waals surface area contributed by atoms with Gasteiger partial charge in [-0.05, 0) is 103 Å². The van der Waals surface area contributed by atoms with Crippen LogP contribution in [-0.4, -0.2) is 87.4 Å². The molecule has 0 aliphatic carbocycles. The van der Waals surface area contributed by atoms with Crippen molar-refractivity contribution in [3.8, 4) is 0 Å². The van der Waals surface area contributed by atoms with Gasteiger partial charge in [0.2, 0.25) is 0 Å². The van der Waals surface area contributed by atoms with Crippen LogP contribution in [0.15, 0.2) is 122 Å². The molecule has 0 radical (unpaired) electrons. The second-order valence-corrected chi connectivity index (χ2v) is 29.7. The fourth-order valence-corrected chi connectivity index (χ4v) is 12.3. The lowest BCUT2D eigenvalue weighted by atomic mass is 10.0. The minimum Gasteiger partial charge on any atom is -0.477 e. The van der Waals surface area contributed by atoms with Gasteiger partial charge in [-0.25, -0.2) is 4.79 Å². The highest BCUT2D eigenvalue weighted by atomic mass is 16.7. The number of rotatable bonds is 79. The zero-order valence-electron chi connectivity index (χ0n) is 66.8. The fraction of sp³-hybridized carbons (Fsp3) is 0.750. The molecule has 0 rings (SSSR count). The summed E-state index contributed by atoms with van der Waals surface area (Å²) in [7, 11) is 5.99. The first-order valence-electron chi connectivity index (χ1n) is 42.7. The number of carbonyl (C=O) groups excluding carboxylic acids is 2. The Hall–Kier alpha value is -4.31. The summed E-state index contributed by atoms with van der Waals surface area (Å²) < 4.78 is 23.1. The van der Waals surface area contributed by atoms with E-state index in [1.807, 2.05) is 21.1 Å². The average molecular weight is 1410 g/mol. The number of carbonyl (C=O) groups is 3. The van der Waals surface area contributed by atoms with Gasteiger partial charge in [-0.15, -0.1) is 0 Å². The number of ether oxygens (including phenoxy) is 4. The second-order valence-electron chi connectivity index (χ2n) is 29.7. The lowest BCUT2D eigenvalue weighted by molar-refractivity contribution is -0.870. The van der Waals surface area contributed by atoms with Crippen LogP contribution in [0.25, 0.3) is 0 Å². The van der Waals surface area contributed by atoms with E-state index < -0.39 is 18.4 Å². The molecule has 0 amide bonds. The van der Waals surface area contributed by atoms with Crippen LogP contribution in [-0.2, 0) is 33.3 Å². The number of carboxylic acids is 1. The Labute approximate surface area is 625 Å². The second kappa shape index (κ2) is 81.4. The van der Waals surface area contributed by atoms with Gasteiger partial charge in [-0.1, -0.05) is 392 Å². The third-order valence-corrected chi connectivity index (χ3v) is 18.7. The summed E-state index contributed by atoms with van der Waals surface area (Å²) in [6.45, 7) is 4.70. The minimum absolute atomic E-state index is 0.181. The Morgan fingerprint density at radius 3 is 0.792 bits per heavy atom. The van der Waals surface area contributed by atoms with E-state index in [9.17, 15) is 19.5 Å². The standard InChI is InChI=1S/C92H161NO8/c1-6-8-10-12-14-16-18-20-22-24-26-28-30-32-34-36-38-40-42-43-44-45-46-47-49-50-52-54-56-58-60-62-64-66-68-70-72-74-76-78-80-82-89(94)99-86-88(87-100-92(91(96)97)98-85-84-93(3,4)5)101-90(95)83-81-79-77-75-73-71-69-67-65-63-61-59-57-55-53-51-48-41-39-37-35-33-31-29-27-25-23-21-19-17-15-13-11-9-7-2/h8-11,14-17,20-23,26-29,33,35,39,41,88,92H,6-7,12-13,18-19,24-25,30-32,34,36-38,40,42-87H2,1-5H3/p+1/b10-8-,11-9-,16-14-,17-15-,22-20-,23-21-,28-26-,29-27-,35-33-,41-39-. The first-order chi connectivity index (χ1) is 49.6. The average Bonchev–Trinajstić information content (AvgIpc) is 1.25. The fourth-order valence-electron chi connectivity index (χ4n) is 12.3. The normalized spacial score (nSPS) is 13.2. The monoisotopic (exact) mass is 1410 g/mol. The van der Waals surface area contributed by atoms with Crippen LogP contribution in [0, 0.1) is 0 Å². The summed E-state index contributed by atoms with van der Waals surface area (Å²) in [5.74, 6) is -1.98. The Morgan fingerprint density at radius 1 is 0.297 bits per heavy atom. The Kier molecular flexibility index (Phi) is 77.9. The van der Waals surface area contributed by atoms with Gasteiger partial charge in [0.15, 0.2) is 6.10 Å². The van der Waals surface area contributed by atoms with Crippen molar-refractivity contribution in [2.24, 2.45) is 0 Å². The molecule has 0 spiro atoms. The van der Waals surface area contributed by atoms with E-state index in [2.05, 4.69) is 135 Å². The van der Waals surface area contributed by atoms with E-state index in [0.717, 1.165) is 103 Å². The highest BCUT2D eigenvalue weighted by Crippen LogP contribution is 2.20. The Balaban J connectivity index is 3.95. The highest BCUT2D eigenvalue weighted by molar-refractivity contribution is 5.71. The maximum absolute atomic E-state index is 13.0. The zero-order valence-corrected chi connectivity index (χ0v) is 66.8. The SMILES string of the molecule is CC/C=C\C/C=C\C/C=C\C/C=C\C/C=C\C/C=C\CCCCCCCCCCCCCCCCCCC(=O)OC(COC(=O)CCCCCCCCCCCCCCCCCCCCCCCCCCCCCC/C=C\C/C=C\C/C=C\C/C=C\CC)COC(OCC[N+](C)(C)C)C(=O)O. The number of likely N-dealkylation sites (N-methyl/N-ethyl adjacent to an activating group) is 1. The summed E-state index contributed by atoms with van der Waals surface area (Å²) in [4.78, 5) is 37.8. The first kappa shape index (κ1) is 96.7. The van der Waals surface area contributed by atoms with Gasteiger partial charge in [-0.3, -0.25) is 9.59 Å². The van der Waals surface area contributed by atoms with E-state index in [1.54, 1.807) is 0 Å². The molecule has 9 nitrogen and oxygen atoms in total. The maximum atomic E-state index is 13.0. The molecule has 582 valence electrons. The van der Waals surface area contributed by atoms with Gasteiger partial charge < -0.3 is 28.5 Å². The Morgan fingerprint density at radius 2 is 0.535 bits per heavy atom. The molecule has 0 aromatic rings. The van der Waals surface area contributed by atoms with Gasteiger partial charge >= 0.3 is 17.9 Å². The zero-order chi connectivity index (χ0) is 73.2. The number of nitrogens with zero attached hydrogens (tertiary/aromatic N) is 1. The lowest BCUT2D eigenvalue weighted by Gasteiger charge is -2.25. The molecule has 1 N–H and O–H groups in total. The van der Waals surface area contributed by atoms with Gasteiger partial charge in [-0.2, -0.15) is 0 Å². The van der Waals surface area contributed by atoms with Crippen molar-refractivity contribution in [3.63, 3.8) is 0 Å². The van der Waals surface area contributed by atoms with Gasteiger partial charge in [0.05, 0.1) is 34.4 Å². The van der Waals surface area contributed by atoms with Crippen LogP contribution < -0.4 is 0 Å². The number of esters is 2. The summed E-state index contributed by atoms with van der Waals surface area (Å²) in [5.41, 5.74) is 0. The molecular formula is C92H162NO8+. The predicted octanol–water partition coefficient (Wildman–Crippen LogP) is 27.8. The number of unbranched alkanes of at least 4 members (excludes halogenated alkanes) is 44. The molecule has 0 aromatic carbocycles. The molecule has 101 heavy (non-hydrogen) atoms. The predicted molar refractivity (Wildman–Crippen MR) is 438 cm³/mol. The highest BCUT2D eigenvalue weighted by Gasteiger charge is 2.25. The number of quaternary nitrogens is 1. The largest absolute Gasteiger partial charge is 0.477 e. The minimum atomic E-state index is -1.51. The molecule has 0 bridgehead atoms. The number of carboxylic acid groups (broad SMARTS) is 1. The van der Waals surface area contributed by atoms with E-state index >= 15 is 0 Å². The van der Waals surface area contributed by atoms with Crippen molar-refractivity contribution in [1.29, 1.82) is 0 Å². The van der Waals surface area contributed by atoms with Crippen LogP contribution in [0.5, 0.6) is 0 Å². The molecule has 0 fully saturated rings. The van der Waals surface area contributed by atoms with Crippen molar-refractivity contribution in [1.82, 2.24) is 0 Å². The van der Waals surface area contributed by atoms with E-state index in [1.165, 1.54) is 257 Å². The van der Waals surface area contributed by atoms with Crippen molar-refractivity contribution in [2.75, 3.05) is 47.5 Å². The molecule has 2 unspecified atom stereocenters. The van der Waals surface area contributed by atoms with E-state index in [0.29, 0.717) is 17.4 Å². The van der Waals surface area contributed by atoms with Crippen molar-refractivity contribution >= 4 is 17.9 Å². The third kappa shape index (κ3) is 82.8. The summed E-state index contributed by atoms with van der Waals surface area (Å²) in [6, 6.07) is 0. The number of hydrogen-bond acceptors (Lipinski definition) is 7. The molecule has 0 heterocycles. The molecule has 0 saturated heterocycles. The first-order valence-corrected chi connectivity index (χ1v) is 42.7. The van der Waals surface area contributed by atoms with Crippen LogP contribution >= 0.6 is 0 Å². The molecule has 0 saturated carbocycles. The number of aliphatic carboxylic acids is 1. The van der Waals surface area contributed by atoms with E-state index in [4.69, 9.17) is 18.9 Å². The molecule has 0 aromatic heterocycles. The molecule has 2 atom stereocenters. The summed E-state index contributed by atoms with van der Waals surface area (Å²) in [5, 5.41) is 9.79. The van der Waals surface area contributed by atoms with E-state index in [-0.39, 0.29) is 38.2 Å². The van der Waals surface area contributed by atoms with Crippen molar-refractivity contribution < 1.29 is 42.9 Å². The van der Waals surface area contributed by atoms with Crippen molar-refractivity contribution in [2.45, 2.75) is 399 Å². The molecular weight excluding hydrogens is 1250 g/mol. The van der Waals surface area contributed by atoms with Crippen LogP contribution in [0.4, 0.5) is 0 Å². The number of hydrogen-bond donors (Lipinski definition) is 1. The quantitative estimate of drug-likeness (QED) is 0.0211. The lowest BCUT2D eigenvalue weighted by Crippen LogP contribution is -2.40. The summed E-state index contributed by atoms with van der Waals surface area (Å²) in [6.07, 6.45) is 114. The summed E-state index contributed by atoms with van der Waals surface area (Å²) >= 11 is 0. The van der Waals surface area contributed by atoms with Crippen LogP contribution in [0.2, 0.25) is 0 Å². The van der Waals surface area contributed by atoms with Gasteiger partial charge in [0, 0.05) is 12.8 Å². The topological polar surface area (TPSA) is 108 Å². The third-order valence-electron chi connectivity index (χ3n) is 18.7. The Bertz CT molecular complexity index is 2090. The molecule has 9 heteroatoms. The van der Waals surface area contributed by atoms with Crippen LogP contribution in [0.3, 0.4) is 0 Å². The molecule has 0 aliphatic rings. The van der Waals surface area contributed by atoms with Crippen molar-refractivity contribution in [3.05, 3.63) is 122 Å². The molecule has 0 aliphatic heterocycles. The van der Waals surface area contributed by atoms with Crippen LogP contribution in [0.1, 0.15) is 386 Å². The van der Waals surface area contributed by atoms with Gasteiger partial charge in [0.25, 0.3) is 6.29 Å². The number of allylic oxidation sites excluding steroid dienone is 20. The maximum Gasteiger partial charge on any atom is 0.361 e. The smallest absolute Gasteiger partial charge is 0.361 e. The van der Waals surface area contributed by atoms with Gasteiger partial charge in [0.1, 0.15) is 13.2 Å².